The molecule has 7 nitrogen and oxygen atoms in total. The van der Waals surface area contributed by atoms with Crippen LogP contribution in [0.15, 0.2) is 50.7 Å². The highest BCUT2D eigenvalue weighted by atomic mass is 79.9. The van der Waals surface area contributed by atoms with Gasteiger partial charge in [-0.05, 0) is 35.9 Å². The summed E-state index contributed by atoms with van der Waals surface area (Å²) in [5.74, 6) is -1.08. The molecule has 0 fully saturated rings. The van der Waals surface area contributed by atoms with Gasteiger partial charge in [0.2, 0.25) is 5.75 Å². The van der Waals surface area contributed by atoms with Crippen molar-refractivity contribution in [2.24, 2.45) is 0 Å². The second-order valence-electron chi connectivity index (χ2n) is 5.28. The third-order valence-corrected chi connectivity index (χ3v) is 4.94. The number of rotatable bonds is 3. The molecule has 0 spiro atoms. The Morgan fingerprint density at radius 1 is 1.31 bits per heavy atom. The highest BCUT2D eigenvalue weighted by Gasteiger charge is 2.22. The van der Waals surface area contributed by atoms with Crippen LogP contribution in [0.2, 0.25) is 0 Å². The number of fused-ring (bicyclic) bond motifs is 1. The van der Waals surface area contributed by atoms with E-state index in [1.165, 1.54) is 23.9 Å². The molecule has 2 aromatic rings. The van der Waals surface area contributed by atoms with Gasteiger partial charge < -0.3 is 10.1 Å². The van der Waals surface area contributed by atoms with Crippen molar-refractivity contribution < 1.29 is 19.2 Å². The number of amides is 1. The Bertz CT molecular complexity index is 974. The summed E-state index contributed by atoms with van der Waals surface area (Å²) in [4.78, 5) is 35.2. The summed E-state index contributed by atoms with van der Waals surface area (Å²) in [6.07, 6.45) is 1.55. The van der Waals surface area contributed by atoms with Gasteiger partial charge in [-0.25, -0.2) is 0 Å². The molecular weight excluding hydrogens is 424 g/mol. The van der Waals surface area contributed by atoms with Crippen LogP contribution in [0.4, 0.5) is 11.4 Å². The molecule has 1 amide bonds. The first-order valence-corrected chi connectivity index (χ1v) is 8.92. The number of ether oxygens (including phenoxy) is 1. The quantitative estimate of drug-likeness (QED) is 0.253. The van der Waals surface area contributed by atoms with E-state index in [0.717, 1.165) is 16.3 Å². The molecule has 3 rings (SSSR count). The van der Waals surface area contributed by atoms with Gasteiger partial charge >= 0.3 is 11.7 Å². The Kier molecular flexibility index (Phi) is 5.10. The minimum absolute atomic E-state index is 0.139. The van der Waals surface area contributed by atoms with Crippen molar-refractivity contribution in [2.45, 2.75) is 11.8 Å². The van der Waals surface area contributed by atoms with E-state index in [9.17, 15) is 19.7 Å². The maximum absolute atomic E-state index is 12.3. The Hall–Kier alpha value is -2.65. The van der Waals surface area contributed by atoms with Crippen LogP contribution >= 0.6 is 27.7 Å². The lowest BCUT2D eigenvalue weighted by molar-refractivity contribution is -0.385. The lowest BCUT2D eigenvalue weighted by atomic mass is 10.1. The van der Waals surface area contributed by atoms with Gasteiger partial charge in [0.1, 0.15) is 0 Å². The Balaban J connectivity index is 1.96. The molecule has 0 bridgehead atoms. The lowest BCUT2D eigenvalue weighted by Gasteiger charge is -2.18. The number of hydrogen-bond donors (Lipinski definition) is 1. The van der Waals surface area contributed by atoms with Crippen LogP contribution in [0, 0.1) is 10.1 Å². The summed E-state index contributed by atoms with van der Waals surface area (Å²) in [7, 11) is 0. The van der Waals surface area contributed by atoms with Gasteiger partial charge in [0.05, 0.1) is 15.5 Å². The number of hydrogen-bond acceptors (Lipinski definition) is 6. The van der Waals surface area contributed by atoms with E-state index in [4.69, 9.17) is 4.74 Å². The van der Waals surface area contributed by atoms with Crippen molar-refractivity contribution in [3.63, 3.8) is 0 Å². The van der Waals surface area contributed by atoms with Gasteiger partial charge in [0, 0.05) is 22.4 Å². The Morgan fingerprint density at radius 3 is 2.77 bits per heavy atom. The van der Waals surface area contributed by atoms with Crippen LogP contribution in [0.1, 0.15) is 12.5 Å². The van der Waals surface area contributed by atoms with Crippen molar-refractivity contribution in [1.29, 1.82) is 0 Å². The fourth-order valence-electron chi connectivity index (χ4n) is 2.29. The molecule has 0 saturated heterocycles. The number of anilines is 1. The zero-order valence-electron chi connectivity index (χ0n) is 13.3. The number of nitro groups is 1. The molecule has 1 heterocycles. The van der Waals surface area contributed by atoms with Gasteiger partial charge in [-0.3, -0.25) is 19.7 Å². The summed E-state index contributed by atoms with van der Waals surface area (Å²) >= 11 is 4.65. The van der Waals surface area contributed by atoms with Crippen molar-refractivity contribution in [2.75, 3.05) is 5.32 Å². The average molecular weight is 435 g/mol. The van der Waals surface area contributed by atoms with Crippen LogP contribution in [0.25, 0.3) is 6.08 Å². The SMILES string of the molecule is CC(=O)Oc1ccc(C=C2Sc3cc(Br)ccc3NC2=O)cc1[N+](=O)[O-]. The van der Waals surface area contributed by atoms with Crippen molar-refractivity contribution in [3.8, 4) is 5.75 Å². The lowest BCUT2D eigenvalue weighted by Crippen LogP contribution is -2.17. The maximum atomic E-state index is 12.3. The molecule has 0 atom stereocenters. The van der Waals surface area contributed by atoms with E-state index < -0.39 is 10.9 Å². The predicted octanol–water partition coefficient (Wildman–Crippen LogP) is 4.37. The molecule has 1 N–H and O–H groups in total. The number of nitrogens with zero attached hydrogens (tertiary/aromatic N) is 1. The van der Waals surface area contributed by atoms with Crippen LogP contribution in [0.3, 0.4) is 0 Å². The average Bonchev–Trinajstić information content (AvgIpc) is 2.56. The van der Waals surface area contributed by atoms with Crippen molar-refractivity contribution in [1.82, 2.24) is 0 Å². The fraction of sp³-hybridized carbons (Fsp3) is 0.0588. The molecular formula is C17H11BrN2O5S. The smallest absolute Gasteiger partial charge is 0.312 e. The normalized spacial score (nSPS) is 14.5. The molecule has 0 unspecified atom stereocenters. The molecule has 0 radical (unpaired) electrons. The van der Waals surface area contributed by atoms with E-state index in [2.05, 4.69) is 21.2 Å². The number of thioether (sulfide) groups is 1. The topological polar surface area (TPSA) is 98.5 Å². The van der Waals surface area contributed by atoms with Gasteiger partial charge in [-0.2, -0.15) is 0 Å². The summed E-state index contributed by atoms with van der Waals surface area (Å²) < 4.78 is 5.72. The molecule has 0 aromatic heterocycles. The number of esters is 1. The van der Waals surface area contributed by atoms with Crippen molar-refractivity contribution >= 4 is 57.0 Å². The first kappa shape index (κ1) is 18.2. The molecule has 26 heavy (non-hydrogen) atoms. The maximum Gasteiger partial charge on any atom is 0.312 e. The number of carbonyl (C=O) groups excluding carboxylic acids is 2. The van der Waals surface area contributed by atoms with Crippen molar-refractivity contribution in [3.05, 3.63) is 61.5 Å². The van der Waals surface area contributed by atoms with E-state index >= 15 is 0 Å². The van der Waals surface area contributed by atoms with Crippen LogP contribution in [-0.4, -0.2) is 16.8 Å². The molecule has 9 heteroatoms. The number of halogens is 1. The van der Waals surface area contributed by atoms with Crippen LogP contribution < -0.4 is 10.1 Å². The Labute approximate surface area is 160 Å². The second kappa shape index (κ2) is 7.30. The van der Waals surface area contributed by atoms with E-state index in [1.54, 1.807) is 18.2 Å². The summed E-state index contributed by atoms with van der Waals surface area (Å²) in [5, 5.41) is 14.0. The number of benzene rings is 2. The zero-order chi connectivity index (χ0) is 18.8. The third-order valence-electron chi connectivity index (χ3n) is 3.37. The second-order valence-corrected chi connectivity index (χ2v) is 7.28. The third kappa shape index (κ3) is 3.94. The van der Waals surface area contributed by atoms with Gasteiger partial charge in [0.25, 0.3) is 5.91 Å². The van der Waals surface area contributed by atoms with Gasteiger partial charge in [-0.1, -0.05) is 33.8 Å². The first-order valence-electron chi connectivity index (χ1n) is 7.31. The molecule has 132 valence electrons. The summed E-state index contributed by atoms with van der Waals surface area (Å²) in [6.45, 7) is 1.16. The largest absolute Gasteiger partial charge is 0.419 e. The molecule has 1 aliphatic heterocycles. The highest BCUT2D eigenvalue weighted by Crippen LogP contribution is 2.40. The van der Waals surface area contributed by atoms with Gasteiger partial charge in [-0.15, -0.1) is 0 Å². The fourth-order valence-corrected chi connectivity index (χ4v) is 3.79. The van der Waals surface area contributed by atoms with Crippen LogP contribution in [-0.2, 0) is 9.59 Å². The number of carbonyl (C=O) groups is 2. The number of nitrogens with one attached hydrogen (secondary N) is 1. The monoisotopic (exact) mass is 434 g/mol. The van der Waals surface area contributed by atoms with Gasteiger partial charge in [0.15, 0.2) is 0 Å². The molecule has 0 aliphatic carbocycles. The van der Waals surface area contributed by atoms with E-state index in [-0.39, 0.29) is 17.3 Å². The number of nitro benzene ring substituents is 1. The van der Waals surface area contributed by atoms with Crippen LogP contribution in [0.5, 0.6) is 5.75 Å². The van der Waals surface area contributed by atoms with E-state index in [0.29, 0.717) is 16.2 Å². The Morgan fingerprint density at radius 2 is 2.08 bits per heavy atom. The molecule has 0 saturated carbocycles. The standard InChI is InChI=1S/C17H11BrN2O5S/c1-9(21)25-14-5-2-10(6-13(14)20(23)24)7-16-17(22)19-12-4-3-11(18)8-15(12)26-16/h2-8H,1H3,(H,19,22). The zero-order valence-corrected chi connectivity index (χ0v) is 15.7. The minimum Gasteiger partial charge on any atom is -0.419 e. The molecule has 2 aromatic carbocycles. The first-order chi connectivity index (χ1) is 12.3. The summed E-state index contributed by atoms with van der Waals surface area (Å²) in [5.41, 5.74) is 0.805. The van der Waals surface area contributed by atoms with E-state index in [1.807, 2.05) is 12.1 Å². The predicted molar refractivity (Wildman–Crippen MR) is 101 cm³/mol. The molecule has 1 aliphatic rings. The highest BCUT2D eigenvalue weighted by molar-refractivity contribution is 9.10. The minimum atomic E-state index is -0.649. The summed E-state index contributed by atoms with van der Waals surface area (Å²) in [6, 6.07) is 9.63.